The van der Waals surface area contributed by atoms with Gasteiger partial charge in [0.25, 0.3) is 11.8 Å². The molecule has 40 heteroatoms. The lowest BCUT2D eigenvalue weighted by Crippen LogP contribution is -3.00. The molecule has 0 radical (unpaired) electrons. The molecule has 0 saturated carbocycles. The molecule has 2 amide bonds. The number of hydrogen-bond acceptors (Lipinski definition) is 8. The van der Waals surface area contributed by atoms with Gasteiger partial charge in [0.05, 0.1) is 54.4 Å². The van der Waals surface area contributed by atoms with Gasteiger partial charge in [0, 0.05) is 25.9 Å². The van der Waals surface area contributed by atoms with E-state index in [1.807, 2.05) is 9.47 Å². The molecule has 0 aromatic rings. The molecule has 2 unspecified atom stereocenters. The van der Waals surface area contributed by atoms with Crippen LogP contribution in [-0.2, 0) is 38.0 Å². The molecule has 12 nitrogen and oxygen atoms in total. The maximum Gasteiger partial charge on any atom is 0.529 e. The van der Waals surface area contributed by atoms with Gasteiger partial charge in [-0.2, -0.15) is 79.7 Å². The monoisotopic (exact) mass is 1230 g/mol. The quantitative estimate of drug-likeness (QED) is 0.0510. The van der Waals surface area contributed by atoms with E-state index in [-0.39, 0.29) is 69.1 Å². The number of rotatable bonds is 29. The number of nitrogens with one attached hydrogen (secondary N) is 2. The average Bonchev–Trinajstić information content (AvgIpc) is 3.05. The third-order valence-corrected chi connectivity index (χ3v) is 8.22. The molecule has 0 heterocycles. The van der Waals surface area contributed by atoms with Crippen molar-refractivity contribution < 1.29 is 195 Å². The fraction of sp³-hybridized carbons (Fsp3) is 0.933. The van der Waals surface area contributed by atoms with Crippen molar-refractivity contribution in [2.75, 3.05) is 67.5 Å². The Morgan fingerprint density at radius 1 is 0.357 bits per heavy atom. The molecule has 2 atom stereocenters. The molecule has 0 saturated heterocycles. The topological polar surface area (TPSA) is 114 Å². The van der Waals surface area contributed by atoms with Crippen molar-refractivity contribution in [2.24, 2.45) is 0 Å². The highest BCUT2D eigenvalue weighted by Crippen LogP contribution is 2.49. The average molecular weight is 1240 g/mol. The second kappa shape index (κ2) is 24.9. The van der Waals surface area contributed by atoms with Crippen molar-refractivity contribution in [2.45, 2.75) is 112 Å². The summed E-state index contributed by atoms with van der Waals surface area (Å²) in [7, 11) is 6.01. The fourth-order valence-corrected chi connectivity index (χ4v) is 4.97. The van der Waals surface area contributed by atoms with E-state index in [4.69, 9.17) is 0 Å². The predicted octanol–water partition coefficient (Wildman–Crippen LogP) is 2.79. The maximum absolute atomic E-state index is 14.6. The number of nitrogens with zero attached hydrogens (tertiary/aromatic N) is 2. The van der Waals surface area contributed by atoms with Gasteiger partial charge < -0.3 is 53.6 Å². The lowest BCUT2D eigenvalue weighted by molar-refractivity contribution is -0.891. The Morgan fingerprint density at radius 3 is 0.814 bits per heavy atom. The number of hydrogen-bond donors (Lipinski definition) is 2. The van der Waals surface area contributed by atoms with Gasteiger partial charge >= 0.3 is 73.8 Å². The first-order chi connectivity index (χ1) is 29.7. The van der Waals surface area contributed by atoms with Gasteiger partial charge in [0.15, 0.2) is 0 Å². The van der Waals surface area contributed by atoms with Gasteiger partial charge in [-0.15, -0.1) is 43.9 Å². The largest absolute Gasteiger partial charge is 1.00 e. The van der Waals surface area contributed by atoms with Crippen LogP contribution < -0.4 is 44.6 Å². The minimum absolute atomic E-state index is 0. The third kappa shape index (κ3) is 23.3. The van der Waals surface area contributed by atoms with Crippen LogP contribution >= 0.6 is 0 Å². The lowest BCUT2D eigenvalue weighted by Gasteiger charge is -2.34. The Bertz CT molecular complexity index is 1520. The summed E-state index contributed by atoms with van der Waals surface area (Å²) in [4.78, 5) is 23.8. The molecule has 0 aliphatic rings. The summed E-state index contributed by atoms with van der Waals surface area (Å²) in [5, 5.41) is 2.21. The summed E-state index contributed by atoms with van der Waals surface area (Å²) < 4.78 is 353. The second-order valence-corrected chi connectivity index (χ2v) is 15.1. The van der Waals surface area contributed by atoms with Crippen LogP contribution in [0.1, 0.15) is 38.5 Å². The maximum atomic E-state index is 14.6. The zero-order valence-corrected chi connectivity index (χ0v) is 38.4. The van der Waals surface area contributed by atoms with Crippen LogP contribution in [0.2, 0.25) is 0 Å². The van der Waals surface area contributed by atoms with Gasteiger partial charge in [-0.05, 0) is 25.7 Å². The zero-order valence-electron chi connectivity index (χ0n) is 35.2. The second-order valence-electron chi connectivity index (χ2n) is 15.1. The highest BCUT2D eigenvalue weighted by molar-refractivity contribution is 5.85. The van der Waals surface area contributed by atoms with Crippen molar-refractivity contribution in [3.63, 3.8) is 0 Å². The van der Waals surface area contributed by atoms with Crippen molar-refractivity contribution in [1.82, 2.24) is 10.6 Å². The summed E-state index contributed by atoms with van der Waals surface area (Å²) in [6.07, 6.45) is -68.5. The van der Waals surface area contributed by atoms with E-state index in [9.17, 15) is 124 Å². The van der Waals surface area contributed by atoms with Gasteiger partial charge in [-0.25, -0.2) is 9.47 Å². The van der Waals surface area contributed by atoms with E-state index in [0.717, 1.165) is 10.6 Å². The van der Waals surface area contributed by atoms with Gasteiger partial charge in [-0.1, -0.05) is 0 Å². The highest BCUT2D eigenvalue weighted by atomic mass is 79.9. The Kier molecular flexibility index (Phi) is 25.6. The normalized spacial score (nSPS) is 16.1. The Balaban J connectivity index is -0.0000224. The Morgan fingerprint density at radius 2 is 0.586 bits per heavy atom. The first-order valence-electron chi connectivity index (χ1n) is 18.0. The number of quaternary nitrogens is 2. The highest BCUT2D eigenvalue weighted by Gasteiger charge is 2.76. The number of halogens is 28. The van der Waals surface area contributed by atoms with Crippen LogP contribution in [0.4, 0.5) is 114 Å². The number of unbranched alkanes of at least 4 members (excludes halogenated alkanes) is 3. The van der Waals surface area contributed by atoms with E-state index >= 15 is 0 Å². The summed E-state index contributed by atoms with van der Waals surface area (Å²) in [5.74, 6) is -19.4. The number of carbonyl (C=O) groups is 2. The summed E-state index contributed by atoms with van der Waals surface area (Å²) in [6, 6.07) is 0. The first-order valence-corrected chi connectivity index (χ1v) is 18.0. The van der Waals surface area contributed by atoms with E-state index in [2.05, 4.69) is 9.47 Å². The summed E-state index contributed by atoms with van der Waals surface area (Å²) in [6.45, 7) is -1.70. The molecular weight excluding hydrogens is 1200 g/mol. The molecule has 0 aromatic heterocycles. The molecule has 0 rings (SSSR count). The van der Waals surface area contributed by atoms with Crippen molar-refractivity contribution in [3.8, 4) is 0 Å². The molecular formula is C30H38Br2F26N4O8. The standard InChI is InChI=1S/C30H36F26N4O8.2BrH/c1-59(2,15-9-11-57-17(61)19(31,21(33,34)35)63-23(39,40)25(43,44)65-29(53,54)67-27(47,48)49)13-7-5-6-8-14-60(3,4)16-10-12-58-18(62)20(32,22(36,37)38)64-24(41,42)26(45,46)66-30(55,56)68-28(50,51)52;;/h5-16H2,1-4H3;2*1H. The van der Waals surface area contributed by atoms with E-state index in [0.29, 0.717) is 25.7 Å². The molecule has 70 heavy (non-hydrogen) atoms. The number of ether oxygens (including phenoxy) is 6. The Labute approximate surface area is 397 Å². The number of amides is 2. The van der Waals surface area contributed by atoms with Gasteiger partial charge in [0.2, 0.25) is 0 Å². The van der Waals surface area contributed by atoms with Crippen LogP contribution in [0.5, 0.6) is 0 Å². The minimum atomic E-state index is -7.23. The van der Waals surface area contributed by atoms with Crippen molar-refractivity contribution in [3.05, 3.63) is 0 Å². The molecule has 0 aliphatic carbocycles. The van der Waals surface area contributed by atoms with E-state index in [1.165, 1.54) is 28.2 Å². The van der Waals surface area contributed by atoms with E-state index in [1.54, 1.807) is 9.47 Å². The molecule has 0 aliphatic heterocycles. The molecule has 0 spiro atoms. The Hall–Kier alpha value is -2.24. The minimum Gasteiger partial charge on any atom is -1.00 e. The van der Waals surface area contributed by atoms with E-state index < -0.39 is 112 Å². The summed E-state index contributed by atoms with van der Waals surface area (Å²) >= 11 is 0. The van der Waals surface area contributed by atoms with Gasteiger partial charge in [0.1, 0.15) is 0 Å². The predicted molar refractivity (Wildman–Crippen MR) is 165 cm³/mol. The number of alkyl halides is 26. The molecule has 0 bridgehead atoms. The molecule has 0 aromatic carbocycles. The van der Waals surface area contributed by atoms with Crippen LogP contribution in [0.3, 0.4) is 0 Å². The zero-order chi connectivity index (χ0) is 54.3. The smallest absolute Gasteiger partial charge is 0.529 e. The first kappa shape index (κ1) is 72.0. The summed E-state index contributed by atoms with van der Waals surface area (Å²) in [5.41, 5.74) is 0. The molecule has 2 N–H and O–H groups in total. The lowest BCUT2D eigenvalue weighted by atomic mass is 10.1. The third-order valence-electron chi connectivity index (χ3n) is 8.22. The van der Waals surface area contributed by atoms with Gasteiger partial charge in [-0.3, -0.25) is 19.1 Å². The van der Waals surface area contributed by atoms with Crippen LogP contribution in [-0.4, -0.2) is 162 Å². The molecule has 0 fully saturated rings. The van der Waals surface area contributed by atoms with Crippen molar-refractivity contribution >= 4 is 11.8 Å². The SMILES string of the molecule is C[N+](C)(CCCCCC[N+](C)(C)CCCNC(=O)C(F)(OC(F)(F)C(F)(F)OC(F)(F)OC(F)(F)F)C(F)(F)F)CCCNC(=O)C(F)(OC(F)(F)C(F)(F)OC(F)(F)OC(F)(F)F)C(F)(F)F.[Br-].[Br-]. The van der Waals surface area contributed by atoms with Crippen LogP contribution in [0.15, 0.2) is 0 Å². The fourth-order valence-electron chi connectivity index (χ4n) is 4.97. The van der Waals surface area contributed by atoms with Crippen LogP contribution in [0.25, 0.3) is 0 Å². The molecule has 422 valence electrons. The van der Waals surface area contributed by atoms with Crippen LogP contribution in [0, 0.1) is 0 Å². The van der Waals surface area contributed by atoms with Crippen molar-refractivity contribution in [1.29, 1.82) is 0 Å². The number of carbonyl (C=O) groups excluding carboxylic acids is 2.